The van der Waals surface area contributed by atoms with E-state index in [0.29, 0.717) is 5.54 Å². The van der Waals surface area contributed by atoms with E-state index in [2.05, 4.69) is 18.4 Å². The summed E-state index contributed by atoms with van der Waals surface area (Å²) in [6, 6.07) is 0. The topological polar surface area (TPSA) is 3.24 Å². The quantitative estimate of drug-likeness (QED) is 0.495. The van der Waals surface area contributed by atoms with Gasteiger partial charge in [-0.1, -0.05) is 12.2 Å². The molecule has 1 saturated carbocycles. The van der Waals surface area contributed by atoms with Gasteiger partial charge in [-0.15, -0.1) is 0 Å². The Kier molecular flexibility index (Phi) is 1.07. The lowest BCUT2D eigenvalue weighted by atomic mass is 9.81. The molecule has 0 aromatic carbocycles. The number of hydrogen-bond acceptors (Lipinski definition) is 1. The van der Waals surface area contributed by atoms with Crippen LogP contribution in [0.2, 0.25) is 0 Å². The number of hydrogen-bond donors (Lipinski definition) is 0. The molecule has 3 fully saturated rings. The van der Waals surface area contributed by atoms with Crippen molar-refractivity contribution < 1.29 is 0 Å². The van der Waals surface area contributed by atoms with Crippen LogP contribution >= 0.6 is 0 Å². The molecule has 2 aliphatic heterocycles. The third-order valence-electron chi connectivity index (χ3n) is 4.56. The molecule has 1 nitrogen and oxygen atoms in total. The zero-order chi connectivity index (χ0) is 8.40. The number of nitrogens with zero attached hydrogens (tertiary/aromatic N) is 1. The summed E-state index contributed by atoms with van der Waals surface area (Å²) in [7, 11) is 0. The molecule has 1 aliphatic carbocycles. The van der Waals surface area contributed by atoms with Gasteiger partial charge >= 0.3 is 0 Å². The van der Waals surface area contributed by atoms with Gasteiger partial charge in [0.15, 0.2) is 0 Å². The van der Waals surface area contributed by atoms with Crippen molar-refractivity contribution >= 4 is 0 Å². The highest BCUT2D eigenvalue weighted by Crippen LogP contribution is 2.65. The fourth-order valence-electron chi connectivity index (χ4n) is 3.51. The molecule has 1 heteroatoms. The van der Waals surface area contributed by atoms with Gasteiger partial charge in [0.2, 0.25) is 0 Å². The van der Waals surface area contributed by atoms with E-state index in [0.717, 1.165) is 5.41 Å². The first-order valence-electron chi connectivity index (χ1n) is 5.08. The van der Waals surface area contributed by atoms with Gasteiger partial charge in [0.1, 0.15) is 0 Å². The molecule has 0 aromatic heterocycles. The first kappa shape index (κ1) is 7.14. The van der Waals surface area contributed by atoms with Crippen molar-refractivity contribution in [2.45, 2.75) is 38.1 Å². The summed E-state index contributed by atoms with van der Waals surface area (Å²) in [6.45, 7) is 9.10. The van der Waals surface area contributed by atoms with Gasteiger partial charge in [0.05, 0.1) is 0 Å². The highest BCUT2D eigenvalue weighted by Gasteiger charge is 2.64. The van der Waals surface area contributed by atoms with Crippen LogP contribution in [0.25, 0.3) is 0 Å². The van der Waals surface area contributed by atoms with Crippen molar-refractivity contribution in [3.8, 4) is 0 Å². The molecule has 0 unspecified atom stereocenters. The maximum Gasteiger partial charge on any atom is 0.0278 e. The van der Waals surface area contributed by atoms with Gasteiger partial charge in [0, 0.05) is 12.1 Å². The fourth-order valence-corrected chi connectivity index (χ4v) is 3.51. The van der Waals surface area contributed by atoms with E-state index in [1.807, 2.05) is 0 Å². The summed E-state index contributed by atoms with van der Waals surface area (Å²) in [6.07, 6.45) is 5.68. The minimum atomic E-state index is 0.518. The van der Waals surface area contributed by atoms with Gasteiger partial charge in [-0.05, 0) is 44.6 Å². The van der Waals surface area contributed by atoms with Crippen molar-refractivity contribution in [1.82, 2.24) is 4.90 Å². The van der Waals surface area contributed by atoms with Gasteiger partial charge < -0.3 is 0 Å². The standard InChI is InChI=1S/C11H17N/c1-9-7-10(2)11(3-4-11)5-6-12(10)8-9/h1,3-8H2,2H3/t10-/m1/s1. The van der Waals surface area contributed by atoms with Crippen LogP contribution in [0.15, 0.2) is 12.2 Å². The lowest BCUT2D eigenvalue weighted by Crippen LogP contribution is -2.40. The van der Waals surface area contributed by atoms with Crippen molar-refractivity contribution in [3.63, 3.8) is 0 Å². The Balaban J connectivity index is 2.01. The van der Waals surface area contributed by atoms with E-state index in [9.17, 15) is 0 Å². The maximum absolute atomic E-state index is 4.13. The molecular formula is C11H17N. The first-order chi connectivity index (χ1) is 5.66. The van der Waals surface area contributed by atoms with E-state index in [1.54, 1.807) is 0 Å². The Morgan fingerprint density at radius 1 is 1.33 bits per heavy atom. The van der Waals surface area contributed by atoms with Crippen LogP contribution in [0.3, 0.4) is 0 Å². The molecule has 1 spiro atoms. The largest absolute Gasteiger partial charge is 0.293 e. The van der Waals surface area contributed by atoms with Crippen LogP contribution < -0.4 is 0 Å². The summed E-state index contributed by atoms with van der Waals surface area (Å²) < 4.78 is 0. The zero-order valence-electron chi connectivity index (χ0n) is 7.90. The molecule has 2 saturated heterocycles. The van der Waals surface area contributed by atoms with Gasteiger partial charge in [-0.25, -0.2) is 0 Å². The van der Waals surface area contributed by atoms with Gasteiger partial charge in [-0.2, -0.15) is 0 Å². The van der Waals surface area contributed by atoms with Crippen LogP contribution in [-0.2, 0) is 0 Å². The minimum Gasteiger partial charge on any atom is -0.293 e. The normalized spacial score (nSPS) is 43.9. The predicted molar refractivity (Wildman–Crippen MR) is 50.0 cm³/mol. The number of rotatable bonds is 0. The molecule has 0 radical (unpaired) electrons. The second-order valence-electron chi connectivity index (χ2n) is 5.15. The average molecular weight is 163 g/mol. The molecule has 2 heterocycles. The summed E-state index contributed by atoms with van der Waals surface area (Å²) in [5.41, 5.74) is 2.71. The molecule has 3 rings (SSSR count). The molecule has 0 N–H and O–H groups in total. The molecule has 66 valence electrons. The van der Waals surface area contributed by atoms with Crippen molar-refractivity contribution in [2.24, 2.45) is 5.41 Å². The smallest absolute Gasteiger partial charge is 0.0278 e. The fraction of sp³-hybridized carbons (Fsp3) is 0.818. The summed E-state index contributed by atoms with van der Waals surface area (Å²) in [5.74, 6) is 0. The van der Waals surface area contributed by atoms with Crippen LogP contribution in [-0.4, -0.2) is 23.5 Å². The van der Waals surface area contributed by atoms with Crippen LogP contribution in [0, 0.1) is 5.41 Å². The SMILES string of the molecule is C=C1CN2CCC3(CC3)[C@@]2(C)C1. The monoisotopic (exact) mass is 163 g/mol. The average Bonchev–Trinajstić information content (AvgIpc) is 2.67. The van der Waals surface area contributed by atoms with E-state index < -0.39 is 0 Å². The summed E-state index contributed by atoms with van der Waals surface area (Å²) >= 11 is 0. The summed E-state index contributed by atoms with van der Waals surface area (Å²) in [4.78, 5) is 2.67. The molecule has 1 atom stereocenters. The Bertz CT molecular complexity index is 252. The Labute approximate surface area is 74.4 Å². The van der Waals surface area contributed by atoms with Crippen LogP contribution in [0.1, 0.15) is 32.6 Å². The molecule has 0 amide bonds. The highest BCUT2D eigenvalue weighted by atomic mass is 15.3. The second kappa shape index (κ2) is 1.79. The van der Waals surface area contributed by atoms with Gasteiger partial charge in [-0.3, -0.25) is 4.90 Å². The minimum absolute atomic E-state index is 0.518. The molecule has 3 aliphatic rings. The second-order valence-corrected chi connectivity index (χ2v) is 5.15. The Morgan fingerprint density at radius 3 is 2.75 bits per heavy atom. The lowest BCUT2D eigenvalue weighted by molar-refractivity contribution is 0.159. The van der Waals surface area contributed by atoms with Crippen LogP contribution in [0.5, 0.6) is 0 Å². The summed E-state index contributed by atoms with van der Waals surface area (Å²) in [5, 5.41) is 0. The third kappa shape index (κ3) is 0.610. The van der Waals surface area contributed by atoms with Crippen molar-refractivity contribution in [1.29, 1.82) is 0 Å². The van der Waals surface area contributed by atoms with Crippen molar-refractivity contribution in [3.05, 3.63) is 12.2 Å². The lowest BCUT2D eigenvalue weighted by Gasteiger charge is -2.33. The molecule has 0 aromatic rings. The number of fused-ring (bicyclic) bond motifs is 2. The molecular weight excluding hydrogens is 146 g/mol. The molecule has 12 heavy (non-hydrogen) atoms. The van der Waals surface area contributed by atoms with E-state index in [-0.39, 0.29) is 0 Å². The van der Waals surface area contributed by atoms with E-state index in [4.69, 9.17) is 0 Å². The Morgan fingerprint density at radius 2 is 2.08 bits per heavy atom. The first-order valence-corrected chi connectivity index (χ1v) is 5.08. The third-order valence-corrected chi connectivity index (χ3v) is 4.56. The predicted octanol–water partition coefficient (Wildman–Crippen LogP) is 2.19. The van der Waals surface area contributed by atoms with E-state index >= 15 is 0 Å². The van der Waals surface area contributed by atoms with Crippen LogP contribution in [0.4, 0.5) is 0 Å². The Hall–Kier alpha value is -0.300. The molecule has 0 bridgehead atoms. The van der Waals surface area contributed by atoms with Crippen molar-refractivity contribution in [2.75, 3.05) is 13.1 Å². The van der Waals surface area contributed by atoms with Gasteiger partial charge in [0.25, 0.3) is 0 Å². The van der Waals surface area contributed by atoms with E-state index in [1.165, 1.54) is 44.3 Å². The highest BCUT2D eigenvalue weighted by molar-refractivity contribution is 5.26. The maximum atomic E-state index is 4.13. The zero-order valence-corrected chi connectivity index (χ0v) is 7.90.